The van der Waals surface area contributed by atoms with Crippen LogP contribution >= 0.6 is 11.8 Å². The van der Waals surface area contributed by atoms with E-state index in [9.17, 15) is 10.4 Å². The molecule has 0 amide bonds. The fourth-order valence-corrected chi connectivity index (χ4v) is 4.11. The number of β-amino-alcohol motifs (C(OH)–C–C–N with tert-alkyl or cyclic N) is 1. The predicted octanol–water partition coefficient (Wildman–Crippen LogP) is 2.74. The summed E-state index contributed by atoms with van der Waals surface area (Å²) in [6.45, 7) is 8.00. The van der Waals surface area contributed by atoms with Crippen LogP contribution in [0.3, 0.4) is 0 Å². The summed E-state index contributed by atoms with van der Waals surface area (Å²) in [7, 11) is 0. The highest BCUT2D eigenvalue weighted by Crippen LogP contribution is 2.26. The van der Waals surface area contributed by atoms with Gasteiger partial charge in [-0.05, 0) is 50.7 Å². The molecule has 0 aliphatic carbocycles. The summed E-state index contributed by atoms with van der Waals surface area (Å²) in [4.78, 5) is 2.17. The van der Waals surface area contributed by atoms with Gasteiger partial charge in [-0.15, -0.1) is 0 Å². The first-order chi connectivity index (χ1) is 14.3. The quantitative estimate of drug-likeness (QED) is 0.499. The molecule has 9 heteroatoms. The lowest BCUT2D eigenvalue weighted by Gasteiger charge is -2.25. The van der Waals surface area contributed by atoms with Crippen molar-refractivity contribution in [2.45, 2.75) is 39.8 Å². The highest BCUT2D eigenvalue weighted by Gasteiger charge is 2.24. The molecule has 1 aromatic carbocycles. The van der Waals surface area contributed by atoms with Gasteiger partial charge in [0.1, 0.15) is 16.9 Å². The fraction of sp³-hybridized carbons (Fsp3) is 0.429. The number of rotatable bonds is 5. The molecule has 158 valence electrons. The summed E-state index contributed by atoms with van der Waals surface area (Å²) >= 11 is 0.997. The summed E-state index contributed by atoms with van der Waals surface area (Å²) in [5.74, 6) is 0.493. The minimum Gasteiger partial charge on any atom is -0.490 e. The molecular formula is C21H26N6O2S. The van der Waals surface area contributed by atoms with Crippen LogP contribution in [0.15, 0.2) is 18.2 Å². The van der Waals surface area contributed by atoms with Crippen molar-refractivity contribution >= 4 is 22.0 Å². The van der Waals surface area contributed by atoms with E-state index >= 15 is 0 Å². The maximum Gasteiger partial charge on any atom is 0.187 e. The summed E-state index contributed by atoms with van der Waals surface area (Å²) < 4.78 is 7.21. The number of benzene rings is 1. The molecule has 0 fully saturated rings. The zero-order valence-corrected chi connectivity index (χ0v) is 18.2. The number of nitriles is 1. The van der Waals surface area contributed by atoms with Gasteiger partial charge < -0.3 is 9.84 Å². The van der Waals surface area contributed by atoms with Crippen molar-refractivity contribution in [1.29, 1.82) is 16.1 Å². The molecule has 0 saturated heterocycles. The van der Waals surface area contributed by atoms with Crippen LogP contribution in [0.25, 0.3) is 0 Å². The number of nitrogens with zero attached hydrogens (tertiary/aromatic N) is 4. The SMILES string of the molecule is Cc1c2c(nn1C(=N)SC(=N)c1ccc(OC(C)C)c(C#N)c1)CCN(CCO)C2. The molecule has 1 aliphatic rings. The maximum atomic E-state index is 9.40. The molecule has 0 saturated carbocycles. The molecule has 8 nitrogen and oxygen atoms in total. The van der Waals surface area contributed by atoms with Gasteiger partial charge in [0.25, 0.3) is 0 Å². The second-order valence-corrected chi connectivity index (χ2v) is 8.40. The largest absolute Gasteiger partial charge is 0.490 e. The van der Waals surface area contributed by atoms with Crippen LogP contribution in [0.2, 0.25) is 0 Å². The van der Waals surface area contributed by atoms with Crippen LogP contribution < -0.4 is 4.74 Å². The monoisotopic (exact) mass is 426 g/mol. The van der Waals surface area contributed by atoms with E-state index in [0.29, 0.717) is 30.0 Å². The standard InChI is InChI=1S/C21H26N6O2S/c1-13(2)29-19-5-4-15(10-16(19)11-22)20(23)30-21(24)27-14(3)17-12-26(8-9-28)7-6-18(17)25-27/h4-5,10,13,23-24,28H,6-9,12H2,1-3H3. The molecule has 30 heavy (non-hydrogen) atoms. The highest BCUT2D eigenvalue weighted by atomic mass is 32.2. The Labute approximate surface area is 180 Å². The van der Waals surface area contributed by atoms with Crippen LogP contribution in [0.1, 0.15) is 41.9 Å². The third kappa shape index (κ3) is 4.73. The van der Waals surface area contributed by atoms with Crippen molar-refractivity contribution in [1.82, 2.24) is 14.7 Å². The number of fused-ring (bicyclic) bond motifs is 1. The number of aromatic nitrogens is 2. The zero-order valence-electron chi connectivity index (χ0n) is 17.4. The Balaban J connectivity index is 1.76. The number of ether oxygens (including phenoxy) is 1. The van der Waals surface area contributed by atoms with E-state index < -0.39 is 0 Å². The molecule has 0 atom stereocenters. The van der Waals surface area contributed by atoms with Gasteiger partial charge in [-0.2, -0.15) is 10.4 Å². The first-order valence-corrected chi connectivity index (χ1v) is 10.6. The average Bonchev–Trinajstić information content (AvgIpc) is 3.04. The number of aliphatic hydroxyl groups is 1. The Kier molecular flexibility index (Phi) is 6.92. The van der Waals surface area contributed by atoms with Gasteiger partial charge in [0.2, 0.25) is 0 Å². The molecule has 1 aliphatic heterocycles. The van der Waals surface area contributed by atoms with E-state index in [-0.39, 0.29) is 22.9 Å². The molecule has 2 aromatic rings. The highest BCUT2D eigenvalue weighted by molar-refractivity contribution is 8.26. The first-order valence-electron chi connectivity index (χ1n) is 9.81. The van der Waals surface area contributed by atoms with Crippen molar-refractivity contribution in [3.8, 4) is 11.8 Å². The van der Waals surface area contributed by atoms with Crippen LogP contribution in [0.4, 0.5) is 0 Å². The Morgan fingerprint density at radius 1 is 1.40 bits per heavy atom. The van der Waals surface area contributed by atoms with Crippen molar-refractivity contribution in [3.63, 3.8) is 0 Å². The lowest BCUT2D eigenvalue weighted by molar-refractivity contribution is 0.184. The van der Waals surface area contributed by atoms with E-state index in [4.69, 9.17) is 15.6 Å². The molecule has 3 N–H and O–H groups in total. The summed E-state index contributed by atoms with van der Waals surface area (Å²) in [6.07, 6.45) is 0.730. The van der Waals surface area contributed by atoms with Gasteiger partial charge in [-0.3, -0.25) is 15.7 Å². The molecule has 1 aromatic heterocycles. The third-order valence-electron chi connectivity index (χ3n) is 4.90. The fourth-order valence-electron chi connectivity index (χ4n) is 3.41. The normalized spacial score (nSPS) is 13.7. The van der Waals surface area contributed by atoms with Crippen molar-refractivity contribution < 1.29 is 9.84 Å². The summed E-state index contributed by atoms with van der Waals surface area (Å²) in [6, 6.07) is 7.16. The molecule has 0 bridgehead atoms. The Hall–Kier alpha value is -2.67. The maximum absolute atomic E-state index is 9.40. The molecule has 0 spiro atoms. The van der Waals surface area contributed by atoms with E-state index in [2.05, 4.69) is 16.1 Å². The van der Waals surface area contributed by atoms with Crippen molar-refractivity contribution in [3.05, 3.63) is 46.3 Å². The molecule has 0 radical (unpaired) electrons. The van der Waals surface area contributed by atoms with Crippen LogP contribution in [-0.4, -0.2) is 55.8 Å². The van der Waals surface area contributed by atoms with Crippen molar-refractivity contribution in [2.24, 2.45) is 0 Å². The lowest BCUT2D eigenvalue weighted by atomic mass is 10.1. The van der Waals surface area contributed by atoms with Crippen LogP contribution in [-0.2, 0) is 13.0 Å². The zero-order chi connectivity index (χ0) is 21.8. The van der Waals surface area contributed by atoms with E-state index in [1.807, 2.05) is 20.8 Å². The van der Waals surface area contributed by atoms with Gasteiger partial charge >= 0.3 is 0 Å². The average molecular weight is 427 g/mol. The number of hydrogen-bond acceptors (Lipinski definition) is 8. The third-order valence-corrected chi connectivity index (χ3v) is 5.71. The van der Waals surface area contributed by atoms with E-state index in [1.54, 1.807) is 22.9 Å². The Morgan fingerprint density at radius 3 is 2.83 bits per heavy atom. The topological polar surface area (TPSA) is 122 Å². The predicted molar refractivity (Wildman–Crippen MR) is 117 cm³/mol. The van der Waals surface area contributed by atoms with E-state index in [1.165, 1.54) is 0 Å². The molecule has 2 heterocycles. The number of thioether (sulfide) groups is 1. The lowest BCUT2D eigenvalue weighted by Crippen LogP contribution is -2.32. The Bertz CT molecular complexity index is 1010. The number of aliphatic hydroxyl groups excluding tert-OH is 1. The van der Waals surface area contributed by atoms with Crippen LogP contribution in [0.5, 0.6) is 5.75 Å². The second kappa shape index (κ2) is 9.43. The van der Waals surface area contributed by atoms with E-state index in [0.717, 1.165) is 41.7 Å². The van der Waals surface area contributed by atoms with Gasteiger partial charge in [0, 0.05) is 42.9 Å². The minimum atomic E-state index is -0.0490. The summed E-state index contributed by atoms with van der Waals surface area (Å²) in [5, 5.41) is 40.4. The Morgan fingerprint density at radius 2 is 2.17 bits per heavy atom. The van der Waals surface area contributed by atoms with Gasteiger partial charge in [-0.25, -0.2) is 4.68 Å². The number of hydrogen-bond donors (Lipinski definition) is 3. The van der Waals surface area contributed by atoms with Gasteiger partial charge in [0.15, 0.2) is 5.17 Å². The number of nitrogens with one attached hydrogen (secondary N) is 2. The minimum absolute atomic E-state index is 0.0490. The molecule has 3 rings (SSSR count). The first kappa shape index (κ1) is 22.0. The smallest absolute Gasteiger partial charge is 0.187 e. The second-order valence-electron chi connectivity index (χ2n) is 7.40. The molecule has 0 unspecified atom stereocenters. The van der Waals surface area contributed by atoms with Gasteiger partial charge in [0.05, 0.1) is 24.0 Å². The summed E-state index contributed by atoms with van der Waals surface area (Å²) in [5.41, 5.74) is 3.87. The molecular weight excluding hydrogens is 400 g/mol. The van der Waals surface area contributed by atoms with Crippen LogP contribution in [0, 0.1) is 29.1 Å². The van der Waals surface area contributed by atoms with Gasteiger partial charge in [-0.1, -0.05) is 0 Å². The van der Waals surface area contributed by atoms with Crippen molar-refractivity contribution in [2.75, 3.05) is 19.7 Å².